The highest BCUT2D eigenvalue weighted by Crippen LogP contribution is 2.39. The molecular weight excluding hydrogens is 210 g/mol. The Labute approximate surface area is 104 Å². The third-order valence-corrected chi connectivity index (χ3v) is 3.47. The lowest BCUT2D eigenvalue weighted by Gasteiger charge is -2.31. The van der Waals surface area contributed by atoms with E-state index in [-0.39, 0.29) is 0 Å². The molecule has 1 aromatic carbocycles. The Morgan fingerprint density at radius 2 is 2.06 bits per heavy atom. The first-order chi connectivity index (χ1) is 7.88. The van der Waals surface area contributed by atoms with Crippen LogP contribution >= 0.6 is 0 Å². The molecule has 0 bridgehead atoms. The number of fused-ring (bicyclic) bond motifs is 1. The average molecular weight is 233 g/mol. The standard InChI is InChI=1S/C15H23NO/c1-15(2,3)10-16(4)13-9-8-12-11(13)6-5-7-14(12)17/h5-7,13,17H,8-10H2,1-4H3. The fourth-order valence-electron chi connectivity index (χ4n) is 2.93. The fourth-order valence-corrected chi connectivity index (χ4v) is 2.93. The van der Waals surface area contributed by atoms with Crippen molar-refractivity contribution in [2.75, 3.05) is 13.6 Å². The number of aromatic hydroxyl groups is 1. The van der Waals surface area contributed by atoms with Crippen molar-refractivity contribution in [1.29, 1.82) is 0 Å². The van der Waals surface area contributed by atoms with E-state index in [1.807, 2.05) is 6.07 Å². The van der Waals surface area contributed by atoms with E-state index in [9.17, 15) is 5.11 Å². The van der Waals surface area contributed by atoms with Gasteiger partial charge >= 0.3 is 0 Å². The molecule has 0 saturated carbocycles. The molecular formula is C15H23NO. The fraction of sp³-hybridized carbons (Fsp3) is 0.600. The molecule has 94 valence electrons. The molecule has 2 nitrogen and oxygen atoms in total. The van der Waals surface area contributed by atoms with Crippen molar-refractivity contribution in [3.8, 4) is 5.75 Å². The van der Waals surface area contributed by atoms with E-state index in [0.717, 1.165) is 24.9 Å². The smallest absolute Gasteiger partial charge is 0.119 e. The number of benzene rings is 1. The lowest BCUT2D eigenvalue weighted by atomic mass is 9.95. The largest absolute Gasteiger partial charge is 0.508 e. The maximum Gasteiger partial charge on any atom is 0.119 e. The second kappa shape index (κ2) is 4.34. The highest BCUT2D eigenvalue weighted by atomic mass is 16.3. The lowest BCUT2D eigenvalue weighted by molar-refractivity contribution is 0.172. The van der Waals surface area contributed by atoms with Crippen molar-refractivity contribution < 1.29 is 5.11 Å². The minimum absolute atomic E-state index is 0.314. The molecule has 0 radical (unpaired) electrons. The molecule has 1 N–H and O–H groups in total. The van der Waals surface area contributed by atoms with Gasteiger partial charge in [0.1, 0.15) is 5.75 Å². The van der Waals surface area contributed by atoms with Gasteiger partial charge in [0.2, 0.25) is 0 Å². The number of phenolic OH excluding ortho intramolecular Hbond substituents is 1. The van der Waals surface area contributed by atoms with Crippen LogP contribution in [0.5, 0.6) is 5.75 Å². The molecule has 0 amide bonds. The lowest BCUT2D eigenvalue weighted by Crippen LogP contribution is -2.31. The van der Waals surface area contributed by atoms with Gasteiger partial charge in [-0.25, -0.2) is 0 Å². The molecule has 1 atom stereocenters. The molecule has 0 spiro atoms. The van der Waals surface area contributed by atoms with Crippen LogP contribution < -0.4 is 0 Å². The molecule has 0 fully saturated rings. The molecule has 1 aliphatic carbocycles. The predicted octanol–water partition coefficient (Wildman–Crippen LogP) is 3.36. The maximum atomic E-state index is 9.84. The van der Waals surface area contributed by atoms with E-state index in [4.69, 9.17) is 0 Å². The van der Waals surface area contributed by atoms with Gasteiger partial charge in [-0.2, -0.15) is 0 Å². The summed E-state index contributed by atoms with van der Waals surface area (Å²) in [4.78, 5) is 2.42. The summed E-state index contributed by atoms with van der Waals surface area (Å²) in [5.74, 6) is 0.467. The van der Waals surface area contributed by atoms with Gasteiger partial charge in [-0.15, -0.1) is 0 Å². The summed E-state index contributed by atoms with van der Waals surface area (Å²) >= 11 is 0. The number of phenols is 1. The molecule has 2 rings (SSSR count). The summed E-state index contributed by atoms with van der Waals surface area (Å²) in [6.45, 7) is 7.87. The Hall–Kier alpha value is -1.02. The van der Waals surface area contributed by atoms with Crippen LogP contribution in [-0.2, 0) is 6.42 Å². The van der Waals surface area contributed by atoms with Crippen LogP contribution in [0.2, 0.25) is 0 Å². The molecule has 1 unspecified atom stereocenters. The average Bonchev–Trinajstić information content (AvgIpc) is 2.60. The monoisotopic (exact) mass is 233 g/mol. The van der Waals surface area contributed by atoms with Crippen LogP contribution in [0.25, 0.3) is 0 Å². The van der Waals surface area contributed by atoms with Crippen molar-refractivity contribution in [2.24, 2.45) is 5.41 Å². The first-order valence-electron chi connectivity index (χ1n) is 6.39. The van der Waals surface area contributed by atoms with Gasteiger partial charge in [-0.1, -0.05) is 32.9 Å². The number of hydrogen-bond acceptors (Lipinski definition) is 2. The highest BCUT2D eigenvalue weighted by molar-refractivity contribution is 5.44. The zero-order valence-corrected chi connectivity index (χ0v) is 11.3. The number of rotatable bonds is 2. The highest BCUT2D eigenvalue weighted by Gasteiger charge is 2.29. The molecule has 1 aromatic rings. The van der Waals surface area contributed by atoms with Gasteiger partial charge < -0.3 is 5.11 Å². The predicted molar refractivity (Wildman–Crippen MR) is 71.3 cm³/mol. The quantitative estimate of drug-likeness (QED) is 0.846. The molecule has 0 aromatic heterocycles. The van der Waals surface area contributed by atoms with E-state index < -0.39 is 0 Å². The third kappa shape index (κ3) is 2.63. The molecule has 17 heavy (non-hydrogen) atoms. The summed E-state index contributed by atoms with van der Waals surface area (Å²) < 4.78 is 0. The maximum absolute atomic E-state index is 9.84. The second-order valence-corrected chi connectivity index (χ2v) is 6.38. The number of hydrogen-bond donors (Lipinski definition) is 1. The van der Waals surface area contributed by atoms with E-state index in [1.165, 1.54) is 5.56 Å². The van der Waals surface area contributed by atoms with E-state index >= 15 is 0 Å². The van der Waals surface area contributed by atoms with Crippen molar-refractivity contribution in [1.82, 2.24) is 4.90 Å². The number of nitrogens with zero attached hydrogens (tertiary/aromatic N) is 1. The molecule has 2 heteroatoms. The summed E-state index contributed by atoms with van der Waals surface area (Å²) in [7, 11) is 2.19. The summed E-state index contributed by atoms with van der Waals surface area (Å²) in [5.41, 5.74) is 2.78. The topological polar surface area (TPSA) is 23.5 Å². The Balaban J connectivity index is 2.19. The summed E-state index contributed by atoms with van der Waals surface area (Å²) in [6, 6.07) is 6.38. The molecule has 0 aliphatic heterocycles. The zero-order chi connectivity index (χ0) is 12.6. The van der Waals surface area contributed by atoms with Gasteiger partial charge in [-0.3, -0.25) is 4.90 Å². The van der Waals surface area contributed by atoms with Crippen molar-refractivity contribution in [2.45, 2.75) is 39.7 Å². The van der Waals surface area contributed by atoms with Crippen molar-refractivity contribution in [3.63, 3.8) is 0 Å². The van der Waals surface area contributed by atoms with Crippen LogP contribution in [0.1, 0.15) is 44.4 Å². The molecule has 1 aliphatic rings. The van der Waals surface area contributed by atoms with Crippen LogP contribution in [0.4, 0.5) is 0 Å². The Bertz CT molecular complexity index is 406. The van der Waals surface area contributed by atoms with Crippen molar-refractivity contribution in [3.05, 3.63) is 29.3 Å². The minimum Gasteiger partial charge on any atom is -0.508 e. The Morgan fingerprint density at radius 1 is 1.35 bits per heavy atom. The SMILES string of the molecule is CN(CC(C)(C)C)C1CCc2c(O)cccc21. The Morgan fingerprint density at radius 3 is 2.71 bits per heavy atom. The van der Waals surface area contributed by atoms with Crippen LogP contribution in [0, 0.1) is 5.41 Å². The second-order valence-electron chi connectivity index (χ2n) is 6.38. The van der Waals surface area contributed by atoms with Gasteiger partial charge in [0, 0.05) is 12.6 Å². The van der Waals surface area contributed by atoms with Gasteiger partial charge in [0.25, 0.3) is 0 Å². The van der Waals surface area contributed by atoms with E-state index in [2.05, 4.69) is 38.8 Å². The van der Waals surface area contributed by atoms with Gasteiger partial charge in [-0.05, 0) is 42.5 Å². The third-order valence-electron chi connectivity index (χ3n) is 3.47. The first kappa shape index (κ1) is 12.4. The van der Waals surface area contributed by atoms with Gasteiger partial charge in [0.05, 0.1) is 0 Å². The van der Waals surface area contributed by atoms with Gasteiger partial charge in [0.15, 0.2) is 0 Å². The Kier molecular flexibility index (Phi) is 3.17. The summed E-state index contributed by atoms with van der Waals surface area (Å²) in [6.07, 6.45) is 2.13. The molecule has 0 saturated heterocycles. The normalized spacial score (nSPS) is 19.7. The van der Waals surface area contributed by atoms with E-state index in [1.54, 1.807) is 6.07 Å². The van der Waals surface area contributed by atoms with Crippen LogP contribution in [0.15, 0.2) is 18.2 Å². The zero-order valence-electron chi connectivity index (χ0n) is 11.3. The van der Waals surface area contributed by atoms with E-state index in [0.29, 0.717) is 17.2 Å². The minimum atomic E-state index is 0.314. The first-order valence-corrected chi connectivity index (χ1v) is 6.39. The molecule has 0 heterocycles. The van der Waals surface area contributed by atoms with Crippen molar-refractivity contribution >= 4 is 0 Å². The van der Waals surface area contributed by atoms with Crippen LogP contribution in [-0.4, -0.2) is 23.6 Å². The van der Waals surface area contributed by atoms with Crippen LogP contribution in [0.3, 0.4) is 0 Å². The summed E-state index contributed by atoms with van der Waals surface area (Å²) in [5, 5.41) is 9.84.